The van der Waals surface area contributed by atoms with Gasteiger partial charge in [-0.1, -0.05) is 84.1 Å². The number of ether oxygens (including phenoxy) is 1. The monoisotopic (exact) mass is 809 g/mol. The normalized spacial score (nSPS) is 36.3. The summed E-state index contributed by atoms with van der Waals surface area (Å²) in [6.07, 6.45) is 13.2. The van der Waals surface area contributed by atoms with Gasteiger partial charge in [0.1, 0.15) is 18.8 Å². The summed E-state index contributed by atoms with van der Waals surface area (Å²) in [6, 6.07) is 4.76. The van der Waals surface area contributed by atoms with E-state index in [1.54, 1.807) is 6.92 Å². The molecule has 6 rings (SSSR count). The van der Waals surface area contributed by atoms with Crippen molar-refractivity contribution in [1.29, 1.82) is 0 Å². The first-order valence-electron chi connectivity index (χ1n) is 21.8. The van der Waals surface area contributed by atoms with Gasteiger partial charge in [0, 0.05) is 37.3 Å². The zero-order valence-electron chi connectivity index (χ0n) is 35.6. The van der Waals surface area contributed by atoms with Crippen LogP contribution in [0, 0.1) is 35.0 Å². The molecule has 0 radical (unpaired) electrons. The van der Waals surface area contributed by atoms with Crippen LogP contribution in [-0.4, -0.2) is 75.8 Å². The van der Waals surface area contributed by atoms with E-state index in [0.29, 0.717) is 60.8 Å². The van der Waals surface area contributed by atoms with Crippen LogP contribution in [-0.2, 0) is 20.7 Å². The third-order valence-corrected chi connectivity index (χ3v) is 14.1. The van der Waals surface area contributed by atoms with E-state index < -0.39 is 35.4 Å². The van der Waals surface area contributed by atoms with Gasteiger partial charge in [0.2, 0.25) is 5.91 Å². The smallest absolute Gasteiger partial charge is 0.243 e. The highest BCUT2D eigenvalue weighted by Crippen LogP contribution is 2.66. The maximum Gasteiger partial charge on any atom is 0.243 e. The largest absolute Gasteiger partial charge is 0.396 e. The van der Waals surface area contributed by atoms with Gasteiger partial charge in [0.15, 0.2) is 5.78 Å². The Kier molecular flexibility index (Phi) is 14.7. The lowest BCUT2D eigenvalue weighted by atomic mass is 9.52. The quantitative estimate of drug-likeness (QED) is 0.0915. The van der Waals surface area contributed by atoms with E-state index >= 15 is 0 Å². The first kappa shape index (κ1) is 44.9. The minimum absolute atomic E-state index is 0.0251. The molecule has 3 fully saturated rings. The molecule has 2 heterocycles. The maximum atomic E-state index is 14.6. The average Bonchev–Trinajstić information content (AvgIpc) is 3.36. The Labute approximate surface area is 351 Å². The summed E-state index contributed by atoms with van der Waals surface area (Å²) in [5, 5.41) is 51.9. The first-order chi connectivity index (χ1) is 28.2. The Hall–Kier alpha value is -3.66. The van der Waals surface area contributed by atoms with Crippen molar-refractivity contribution in [3.63, 3.8) is 0 Å². The number of amides is 1. The molecule has 1 aromatic carbocycles. The number of ketones is 1. The molecule has 10 atom stereocenters. The number of hydrogen-bond donors (Lipinski definition) is 7. The van der Waals surface area contributed by atoms with Crippen molar-refractivity contribution in [3.8, 4) is 11.8 Å². The van der Waals surface area contributed by atoms with Crippen molar-refractivity contribution < 1.29 is 34.8 Å². The number of carbonyl (C=O) groups is 2. The van der Waals surface area contributed by atoms with E-state index in [1.165, 1.54) is 5.57 Å². The zero-order chi connectivity index (χ0) is 42.5. The number of allylic oxidation sites excluding steroid dienone is 8. The summed E-state index contributed by atoms with van der Waals surface area (Å²) >= 11 is 0. The number of rotatable bonds is 9. The van der Waals surface area contributed by atoms with Crippen LogP contribution in [0.15, 0.2) is 76.9 Å². The van der Waals surface area contributed by atoms with Gasteiger partial charge < -0.3 is 36.2 Å². The third kappa shape index (κ3) is 9.48. The van der Waals surface area contributed by atoms with E-state index in [0.717, 1.165) is 48.8 Å². The van der Waals surface area contributed by atoms with Gasteiger partial charge in [0.05, 0.1) is 23.9 Å². The minimum atomic E-state index is -1.26. The van der Waals surface area contributed by atoms with E-state index in [9.17, 15) is 30.0 Å². The molecule has 1 spiro atoms. The predicted octanol–water partition coefficient (Wildman–Crippen LogP) is 5.87. The van der Waals surface area contributed by atoms with Crippen LogP contribution >= 0.6 is 0 Å². The Morgan fingerprint density at radius 3 is 2.78 bits per heavy atom. The van der Waals surface area contributed by atoms with Gasteiger partial charge in [-0.3, -0.25) is 14.9 Å². The number of hydrogen-bond acceptors (Lipinski definition) is 9. The van der Waals surface area contributed by atoms with Crippen LogP contribution in [0.3, 0.4) is 0 Å². The Morgan fingerprint density at radius 2 is 2.02 bits per heavy atom. The number of nitrogens with two attached hydrogens (primary N) is 1. The molecule has 1 amide bonds. The van der Waals surface area contributed by atoms with Crippen LogP contribution < -0.4 is 16.4 Å². The highest BCUT2D eigenvalue weighted by molar-refractivity contribution is 5.98. The predicted molar refractivity (Wildman–Crippen MR) is 230 cm³/mol. The standard InChI is InChI=1S/C49H67N3O7/c1-30-13-6-7-26-59-41-22-11-18-35-28-49(45(56)43(35)37(41)19-9-16-31(2)15-8-14-30)39(21-12-25-53)36(23-24-48(49,5)58)33(4)40(55)27-34-17-10-20-38-42(34)44(51-29-32(3)54)47(57)52-46(38)50/h9-10,14,16-17,19-20,32,35,39,41,43-46,51,53-54,56,58H,2,8,11-13,15,18,21-29,50H2,1,3-5H3,(H,52,57)/b16-9+,30-14+,36-33+,37-19-/t32-,35-,39+,41-,43+,44-,45+,46+,48+,49+/m0/s1. The number of aliphatic hydroxyl groups is 4. The Morgan fingerprint density at radius 1 is 1.22 bits per heavy atom. The van der Waals surface area contributed by atoms with Crippen LogP contribution in [0.4, 0.5) is 0 Å². The number of carbonyl (C=O) groups excluding carboxylic acids is 2. The molecule has 0 aromatic heterocycles. The van der Waals surface area contributed by atoms with Crippen molar-refractivity contribution in [1.82, 2.24) is 10.6 Å². The average molecular weight is 810 g/mol. The molecule has 2 aliphatic heterocycles. The van der Waals surface area contributed by atoms with E-state index in [4.69, 9.17) is 10.5 Å². The second kappa shape index (κ2) is 19.4. The summed E-state index contributed by atoms with van der Waals surface area (Å²) in [4.78, 5) is 27.8. The molecule has 3 aliphatic carbocycles. The van der Waals surface area contributed by atoms with Gasteiger partial charge in [-0.2, -0.15) is 0 Å². The first-order valence-corrected chi connectivity index (χ1v) is 21.8. The molecular weight excluding hydrogens is 743 g/mol. The van der Waals surface area contributed by atoms with Crippen LogP contribution in [0.25, 0.3) is 0 Å². The molecule has 5 aliphatic rings. The summed E-state index contributed by atoms with van der Waals surface area (Å²) in [5.41, 5.74) is 11.0. The van der Waals surface area contributed by atoms with E-state index in [1.807, 2.05) is 44.2 Å². The van der Waals surface area contributed by atoms with Crippen LogP contribution in [0.2, 0.25) is 0 Å². The SMILES string of the molecule is C=C1/C=C/C=C2\[C@H]3[C@@H](CCC[C@@H]2OCC#CC/C(C)=C/CC1)C[C@@]1([C@H](CCCO)/C(=C(\C)C(=O)Cc2cccc4c2[C@H](NC[C@H](C)O)C(=O)N[C@H]4N)CC[C@@]1(C)O)[C@@H]3O. The molecule has 0 bridgehead atoms. The van der Waals surface area contributed by atoms with Crippen LogP contribution in [0.1, 0.15) is 127 Å². The van der Waals surface area contributed by atoms with Crippen molar-refractivity contribution in [2.45, 2.75) is 141 Å². The number of fused-ring (bicyclic) bond motifs is 4. The van der Waals surface area contributed by atoms with Crippen molar-refractivity contribution in [2.24, 2.45) is 28.9 Å². The lowest BCUT2D eigenvalue weighted by Crippen LogP contribution is -2.59. The lowest BCUT2D eigenvalue weighted by molar-refractivity contribution is -0.168. The second-order valence-electron chi connectivity index (χ2n) is 18.0. The topological polar surface area (TPSA) is 174 Å². The third-order valence-electron chi connectivity index (χ3n) is 14.1. The Bertz CT molecular complexity index is 1930. The molecule has 0 unspecified atom stereocenters. The molecular formula is C49H67N3O7. The fraction of sp³-hybridized carbons (Fsp3) is 0.592. The number of Topliss-reactive ketones (excluding diaryl/α,β-unsaturated/α-hetero) is 1. The molecule has 8 N–H and O–H groups in total. The molecule has 10 nitrogen and oxygen atoms in total. The summed E-state index contributed by atoms with van der Waals surface area (Å²) in [5.74, 6) is 5.47. The zero-order valence-corrected chi connectivity index (χ0v) is 35.6. The Balaban J connectivity index is 1.38. The van der Waals surface area contributed by atoms with Gasteiger partial charge in [-0.15, -0.1) is 0 Å². The molecule has 59 heavy (non-hydrogen) atoms. The molecule has 320 valence electrons. The minimum Gasteiger partial charge on any atom is -0.396 e. The molecule has 10 heteroatoms. The van der Waals surface area contributed by atoms with Gasteiger partial charge in [0.25, 0.3) is 0 Å². The summed E-state index contributed by atoms with van der Waals surface area (Å²) in [6.45, 7) is 12.2. The van der Waals surface area contributed by atoms with Gasteiger partial charge >= 0.3 is 0 Å². The summed E-state index contributed by atoms with van der Waals surface area (Å²) in [7, 11) is 0. The number of nitrogens with one attached hydrogen (secondary N) is 2. The highest BCUT2D eigenvalue weighted by atomic mass is 16.5. The van der Waals surface area contributed by atoms with Crippen molar-refractivity contribution in [3.05, 3.63) is 93.6 Å². The fourth-order valence-electron chi connectivity index (χ4n) is 11.0. The van der Waals surface area contributed by atoms with Crippen LogP contribution in [0.5, 0.6) is 0 Å². The van der Waals surface area contributed by atoms with E-state index in [-0.39, 0.29) is 61.7 Å². The molecule has 0 saturated heterocycles. The fourth-order valence-corrected chi connectivity index (χ4v) is 11.0. The van der Waals surface area contributed by atoms with Crippen molar-refractivity contribution >= 4 is 11.7 Å². The van der Waals surface area contributed by atoms with Gasteiger partial charge in [-0.05, 0) is 125 Å². The van der Waals surface area contributed by atoms with Crippen molar-refractivity contribution in [2.75, 3.05) is 19.8 Å². The molecule has 1 aromatic rings. The van der Waals surface area contributed by atoms with Gasteiger partial charge in [-0.25, -0.2) is 0 Å². The number of benzene rings is 1. The lowest BCUT2D eigenvalue weighted by Gasteiger charge is -2.56. The highest BCUT2D eigenvalue weighted by Gasteiger charge is 2.67. The number of aliphatic hydroxyl groups excluding tert-OH is 3. The van der Waals surface area contributed by atoms with E-state index in [2.05, 4.69) is 48.1 Å². The molecule has 3 saturated carbocycles. The second-order valence-corrected chi connectivity index (χ2v) is 18.0. The summed E-state index contributed by atoms with van der Waals surface area (Å²) < 4.78 is 6.55. The maximum absolute atomic E-state index is 14.6.